The zero-order chi connectivity index (χ0) is 18.4. The summed E-state index contributed by atoms with van der Waals surface area (Å²) in [5.41, 5.74) is 4.81. The molecule has 0 saturated heterocycles. The Morgan fingerprint density at radius 3 is 1.11 bits per heavy atom. The first-order chi connectivity index (χ1) is 13.4. The number of benzene rings is 4. The van der Waals surface area contributed by atoms with Gasteiger partial charge in [-0.2, -0.15) is 0 Å². The molecule has 0 aliphatic rings. The molecule has 0 fully saturated rings. The summed E-state index contributed by atoms with van der Waals surface area (Å²) >= 11 is 0. The summed E-state index contributed by atoms with van der Waals surface area (Å²) in [6, 6.07) is 42.4. The molecule has 2 heteroatoms. The van der Waals surface area contributed by atoms with Gasteiger partial charge >= 0.3 is 0 Å². The second-order valence-electron chi connectivity index (χ2n) is 6.28. The van der Waals surface area contributed by atoms with E-state index in [2.05, 4.69) is 115 Å². The Labute approximate surface area is 183 Å². The molecule has 0 heterocycles. The molecule has 28 heavy (non-hydrogen) atoms. The normalized spacial score (nSPS) is 10.3. The van der Waals surface area contributed by atoms with Crippen LogP contribution in [0.15, 0.2) is 121 Å². The van der Waals surface area contributed by atoms with Crippen LogP contribution in [-0.4, -0.2) is 0 Å². The van der Waals surface area contributed by atoms with Gasteiger partial charge in [0.1, 0.15) is 15.9 Å². The topological polar surface area (TPSA) is 0 Å². The van der Waals surface area contributed by atoms with Crippen LogP contribution >= 0.6 is 7.26 Å². The fourth-order valence-corrected chi connectivity index (χ4v) is 6.70. The van der Waals surface area contributed by atoms with E-state index < -0.39 is 7.26 Å². The maximum atomic E-state index is 3.76. The van der Waals surface area contributed by atoms with Crippen LogP contribution in [0.1, 0.15) is 5.56 Å². The summed E-state index contributed by atoms with van der Waals surface area (Å²) in [5, 5.41) is 3.85. The third-order valence-electron chi connectivity index (χ3n) is 4.57. The summed E-state index contributed by atoms with van der Waals surface area (Å²) in [6.45, 7) is 0. The molecule has 139 valence electrons. The molecule has 0 aliphatic carbocycles. The summed E-state index contributed by atoms with van der Waals surface area (Å²) < 4.78 is 0. The van der Waals surface area contributed by atoms with E-state index in [-0.39, 0.29) is 22.4 Å². The summed E-state index contributed by atoms with van der Waals surface area (Å²) in [7, 11) is -2.08. The van der Waals surface area contributed by atoms with E-state index in [4.69, 9.17) is 0 Å². The van der Waals surface area contributed by atoms with E-state index in [1.807, 2.05) is 18.2 Å². The Hall–Kier alpha value is -2.39. The van der Waals surface area contributed by atoms with Crippen molar-refractivity contribution in [2.45, 2.75) is 0 Å². The largest absolute Gasteiger partial charge is 0.189 e. The van der Waals surface area contributed by atoms with E-state index in [9.17, 15) is 0 Å². The van der Waals surface area contributed by atoms with E-state index in [1.54, 1.807) is 0 Å². The van der Waals surface area contributed by atoms with Gasteiger partial charge in [-0.1, -0.05) is 72.8 Å². The van der Waals surface area contributed by atoms with E-state index in [0.717, 1.165) is 5.56 Å². The molecule has 4 aromatic rings. The van der Waals surface area contributed by atoms with Crippen molar-refractivity contribution in [3.63, 3.8) is 0 Å². The zero-order valence-electron chi connectivity index (χ0n) is 15.3. The average molecular weight is 560 g/mol. The predicted octanol–water partition coefficient (Wildman–Crippen LogP) is 4.99. The third kappa shape index (κ3) is 4.20. The van der Waals surface area contributed by atoms with Crippen molar-refractivity contribution in [2.75, 3.05) is 0 Å². The van der Waals surface area contributed by atoms with Gasteiger partial charge < -0.3 is 0 Å². The molecule has 0 aliphatic heterocycles. The first kappa shape index (κ1) is 20.3. The Morgan fingerprint density at radius 2 is 0.750 bits per heavy atom. The van der Waals surface area contributed by atoms with Crippen LogP contribution in [0.5, 0.6) is 0 Å². The maximum absolute atomic E-state index is 3.76. The number of hydrogen-bond donors (Lipinski definition) is 0. The second-order valence-corrected chi connectivity index (χ2v) is 9.39. The van der Waals surface area contributed by atoms with Crippen molar-refractivity contribution in [1.82, 2.24) is 0 Å². The monoisotopic (exact) mass is 560 g/mol. The van der Waals surface area contributed by atoms with Crippen molar-refractivity contribution in [3.05, 3.63) is 127 Å². The van der Waals surface area contributed by atoms with Crippen molar-refractivity contribution in [1.29, 1.82) is 0 Å². The van der Waals surface area contributed by atoms with Crippen molar-refractivity contribution in [2.24, 2.45) is 0 Å². The van der Waals surface area contributed by atoms with E-state index in [1.165, 1.54) is 15.9 Å². The summed E-state index contributed by atoms with van der Waals surface area (Å²) in [5.74, 6) is 3.48. The summed E-state index contributed by atoms with van der Waals surface area (Å²) in [6.07, 6.45) is 0. The minimum atomic E-state index is -2.08. The Kier molecular flexibility index (Phi) is 7.05. The van der Waals surface area contributed by atoms with Gasteiger partial charge in [0, 0.05) is 27.9 Å². The molecule has 1 radical (unpaired) electrons. The van der Waals surface area contributed by atoms with Gasteiger partial charge in [-0.15, -0.1) is 0 Å². The van der Waals surface area contributed by atoms with Gasteiger partial charge in [0.2, 0.25) is 0 Å². The predicted molar refractivity (Wildman–Crippen MR) is 118 cm³/mol. The van der Waals surface area contributed by atoms with Crippen LogP contribution in [0.4, 0.5) is 0 Å². The fourth-order valence-electron chi connectivity index (χ4n) is 3.27. The molecule has 0 amide bonds. The third-order valence-corrected chi connectivity index (χ3v) is 8.24. The minimum Gasteiger partial charge on any atom is -0.0622 e. The Balaban J connectivity index is 0.00000225. The molecule has 4 aromatic carbocycles. The molecule has 0 nitrogen and oxygen atoms in total. The first-order valence-corrected chi connectivity index (χ1v) is 10.8. The minimum absolute atomic E-state index is 0. The maximum Gasteiger partial charge on any atom is 0.189 e. The number of rotatable bonds is 3. The molecular weight excluding hydrogens is 540 g/mol. The van der Waals surface area contributed by atoms with Gasteiger partial charge in [0.25, 0.3) is 0 Å². The second kappa shape index (κ2) is 9.70. The van der Waals surface area contributed by atoms with Crippen LogP contribution in [0, 0.1) is 11.6 Å². The molecular formula is C26H20AuP+. The van der Waals surface area contributed by atoms with Gasteiger partial charge in [-0.3, -0.25) is 0 Å². The molecule has 0 unspecified atom stereocenters. The SMILES string of the molecule is C(#C[P+](c1ccccc1)(c1ccccc1)c1ccccc1)c1ccccc1.[Au]. The van der Waals surface area contributed by atoms with Crippen LogP contribution in [0.2, 0.25) is 0 Å². The fraction of sp³-hybridized carbons (Fsp3) is 0. The van der Waals surface area contributed by atoms with E-state index in [0.29, 0.717) is 0 Å². The van der Waals surface area contributed by atoms with E-state index >= 15 is 0 Å². The van der Waals surface area contributed by atoms with Crippen molar-refractivity contribution < 1.29 is 22.4 Å². The van der Waals surface area contributed by atoms with Crippen LogP contribution < -0.4 is 15.9 Å². The first-order valence-electron chi connectivity index (χ1n) is 9.04. The molecule has 4 rings (SSSR count). The molecule has 0 N–H and O–H groups in total. The van der Waals surface area contributed by atoms with Crippen molar-refractivity contribution in [3.8, 4) is 11.6 Å². The van der Waals surface area contributed by atoms with Gasteiger partial charge in [-0.05, 0) is 54.5 Å². The zero-order valence-corrected chi connectivity index (χ0v) is 18.4. The summed E-state index contributed by atoms with van der Waals surface area (Å²) in [4.78, 5) is 0. The van der Waals surface area contributed by atoms with Crippen molar-refractivity contribution >= 4 is 23.2 Å². The standard InChI is InChI=1S/C26H20P.Au/c1-5-13-23(14-6-1)21-22-27(24-15-7-2-8-16-24,25-17-9-3-10-18-25)26-19-11-4-12-20-26;/h1-20H;/q+1;. The van der Waals surface area contributed by atoms with Crippen LogP contribution in [0.25, 0.3) is 0 Å². The molecule has 0 saturated carbocycles. The molecule has 0 spiro atoms. The molecule has 0 atom stereocenters. The smallest absolute Gasteiger partial charge is 0.0622 e. The Morgan fingerprint density at radius 1 is 0.429 bits per heavy atom. The van der Waals surface area contributed by atoms with Gasteiger partial charge in [0.05, 0.1) is 5.66 Å². The van der Waals surface area contributed by atoms with Crippen LogP contribution in [-0.2, 0) is 22.4 Å². The molecule has 0 bridgehead atoms. The number of hydrogen-bond acceptors (Lipinski definition) is 0. The van der Waals surface area contributed by atoms with Crippen LogP contribution in [0.3, 0.4) is 0 Å². The van der Waals surface area contributed by atoms with Gasteiger partial charge in [0.15, 0.2) is 7.26 Å². The quantitative estimate of drug-likeness (QED) is 0.188. The Bertz CT molecular complexity index is 954. The average Bonchev–Trinajstić information content (AvgIpc) is 2.77. The molecule has 0 aromatic heterocycles. The van der Waals surface area contributed by atoms with Gasteiger partial charge in [-0.25, -0.2) is 0 Å².